The Morgan fingerprint density at radius 1 is 1.03 bits per heavy atom. The lowest BCUT2D eigenvalue weighted by molar-refractivity contribution is -0.142. The second-order valence-corrected chi connectivity index (χ2v) is 9.13. The lowest BCUT2D eigenvalue weighted by Gasteiger charge is -2.15. The number of thioether (sulfide) groups is 1. The summed E-state index contributed by atoms with van der Waals surface area (Å²) in [5.74, 6) is -0.531. The van der Waals surface area contributed by atoms with E-state index >= 15 is 0 Å². The predicted octanol–water partition coefficient (Wildman–Crippen LogP) is 3.24. The van der Waals surface area contributed by atoms with Gasteiger partial charge in [-0.25, -0.2) is 9.59 Å². The fraction of sp³-hybridized carbons (Fsp3) is 0.375. The van der Waals surface area contributed by atoms with E-state index in [1.807, 2.05) is 24.3 Å². The SMILES string of the molecule is O=C(CSCCNC(=O)OCC1c2ccccc2-c2ccccc21)NC(C(=O)O)C1CC1. The van der Waals surface area contributed by atoms with Gasteiger partial charge in [-0.15, -0.1) is 0 Å². The minimum Gasteiger partial charge on any atom is -0.480 e. The normalized spacial score (nSPS) is 15.4. The van der Waals surface area contributed by atoms with Crippen LogP contribution >= 0.6 is 11.8 Å². The zero-order valence-electron chi connectivity index (χ0n) is 17.6. The van der Waals surface area contributed by atoms with Gasteiger partial charge in [-0.1, -0.05) is 48.5 Å². The minimum atomic E-state index is -0.984. The van der Waals surface area contributed by atoms with Crippen molar-refractivity contribution < 1.29 is 24.2 Å². The van der Waals surface area contributed by atoms with E-state index in [9.17, 15) is 14.4 Å². The second kappa shape index (κ2) is 10.1. The topological polar surface area (TPSA) is 105 Å². The minimum absolute atomic E-state index is 0.0138. The van der Waals surface area contributed by atoms with Crippen molar-refractivity contribution >= 4 is 29.7 Å². The van der Waals surface area contributed by atoms with Crippen molar-refractivity contribution in [3.63, 3.8) is 0 Å². The molecule has 0 spiro atoms. The maximum Gasteiger partial charge on any atom is 0.407 e. The number of nitrogens with one attached hydrogen (secondary N) is 2. The van der Waals surface area contributed by atoms with E-state index in [-0.39, 0.29) is 30.1 Å². The molecular formula is C24H26N2O5S. The molecule has 1 unspecified atom stereocenters. The van der Waals surface area contributed by atoms with E-state index < -0.39 is 18.1 Å². The summed E-state index contributed by atoms with van der Waals surface area (Å²) in [6.45, 7) is 0.618. The summed E-state index contributed by atoms with van der Waals surface area (Å²) in [6, 6.07) is 15.5. The average molecular weight is 455 g/mol. The van der Waals surface area contributed by atoms with E-state index in [2.05, 4.69) is 34.9 Å². The fourth-order valence-electron chi connectivity index (χ4n) is 4.07. The molecule has 4 rings (SSSR count). The maximum absolute atomic E-state index is 12.1. The average Bonchev–Trinajstić information content (AvgIpc) is 3.58. The number of carbonyl (C=O) groups is 3. The first-order valence-corrected chi connectivity index (χ1v) is 11.9. The summed E-state index contributed by atoms with van der Waals surface area (Å²) < 4.78 is 5.48. The predicted molar refractivity (Wildman–Crippen MR) is 123 cm³/mol. The Morgan fingerprint density at radius 3 is 2.25 bits per heavy atom. The van der Waals surface area contributed by atoms with Crippen LogP contribution in [0.25, 0.3) is 11.1 Å². The smallest absolute Gasteiger partial charge is 0.407 e. The molecule has 32 heavy (non-hydrogen) atoms. The highest BCUT2D eigenvalue weighted by molar-refractivity contribution is 7.99. The second-order valence-electron chi connectivity index (χ2n) is 8.03. The van der Waals surface area contributed by atoms with Crippen LogP contribution in [0.15, 0.2) is 48.5 Å². The molecule has 0 saturated heterocycles. The molecule has 3 N–H and O–H groups in total. The Morgan fingerprint density at radius 2 is 1.66 bits per heavy atom. The first-order valence-electron chi connectivity index (χ1n) is 10.7. The van der Waals surface area contributed by atoms with Crippen LogP contribution in [0.3, 0.4) is 0 Å². The Kier molecular flexibility index (Phi) is 6.99. The van der Waals surface area contributed by atoms with Crippen molar-refractivity contribution in [3.05, 3.63) is 59.7 Å². The third-order valence-electron chi connectivity index (χ3n) is 5.77. The number of aliphatic carboxylic acids is 1. The number of hydrogen-bond donors (Lipinski definition) is 3. The highest BCUT2D eigenvalue weighted by Crippen LogP contribution is 2.44. The standard InChI is InChI=1S/C24H26N2O5S/c27-21(26-22(23(28)29)15-9-10-15)14-32-12-11-25-24(30)31-13-20-18-7-3-1-5-16(18)17-6-2-4-8-19(17)20/h1-8,15,20,22H,9-14H2,(H,25,30)(H,26,27)(H,28,29). The number of amides is 2. The number of rotatable bonds is 10. The van der Waals surface area contributed by atoms with Crippen LogP contribution in [0.2, 0.25) is 0 Å². The Labute approximate surface area is 190 Å². The molecule has 1 fully saturated rings. The molecule has 2 aromatic carbocycles. The van der Waals surface area contributed by atoms with Gasteiger partial charge in [0.2, 0.25) is 5.91 Å². The van der Waals surface area contributed by atoms with Gasteiger partial charge in [-0.3, -0.25) is 4.79 Å². The lowest BCUT2D eigenvalue weighted by Crippen LogP contribution is -2.43. The van der Waals surface area contributed by atoms with Crippen molar-refractivity contribution in [3.8, 4) is 11.1 Å². The van der Waals surface area contributed by atoms with Crippen molar-refractivity contribution in [2.45, 2.75) is 24.8 Å². The maximum atomic E-state index is 12.1. The molecule has 0 radical (unpaired) electrons. The third kappa shape index (κ3) is 5.24. The Bertz CT molecular complexity index is 962. The number of carboxylic acid groups (broad SMARTS) is 1. The van der Waals surface area contributed by atoms with Crippen LogP contribution in [-0.2, 0) is 14.3 Å². The quantitative estimate of drug-likeness (QED) is 0.476. The van der Waals surface area contributed by atoms with Crippen molar-refractivity contribution in [1.82, 2.24) is 10.6 Å². The first-order chi connectivity index (χ1) is 15.5. The highest BCUT2D eigenvalue weighted by atomic mass is 32.2. The summed E-state index contributed by atoms with van der Waals surface area (Å²) in [5, 5.41) is 14.4. The van der Waals surface area contributed by atoms with Gasteiger partial charge in [0.05, 0.1) is 5.75 Å². The van der Waals surface area contributed by atoms with Crippen molar-refractivity contribution in [2.24, 2.45) is 5.92 Å². The molecule has 1 saturated carbocycles. The molecule has 0 bridgehead atoms. The van der Waals surface area contributed by atoms with Gasteiger partial charge in [0.1, 0.15) is 12.6 Å². The molecule has 0 aromatic heterocycles. The zero-order chi connectivity index (χ0) is 22.5. The van der Waals surface area contributed by atoms with Gasteiger partial charge in [-0.05, 0) is 41.0 Å². The summed E-state index contributed by atoms with van der Waals surface area (Å²) in [7, 11) is 0. The van der Waals surface area contributed by atoms with E-state index in [4.69, 9.17) is 9.84 Å². The number of ether oxygens (including phenoxy) is 1. The molecule has 2 aromatic rings. The molecule has 1 atom stereocenters. The summed E-state index contributed by atoms with van der Waals surface area (Å²) >= 11 is 1.34. The molecular weight excluding hydrogens is 428 g/mol. The highest BCUT2D eigenvalue weighted by Gasteiger charge is 2.37. The molecule has 8 heteroatoms. The largest absolute Gasteiger partial charge is 0.480 e. The van der Waals surface area contributed by atoms with Gasteiger partial charge in [0.15, 0.2) is 0 Å². The van der Waals surface area contributed by atoms with E-state index in [0.717, 1.165) is 24.0 Å². The lowest BCUT2D eigenvalue weighted by atomic mass is 9.98. The van der Waals surface area contributed by atoms with Crippen LogP contribution in [0.1, 0.15) is 29.9 Å². The summed E-state index contributed by atoms with van der Waals surface area (Å²) in [4.78, 5) is 35.2. The van der Waals surface area contributed by atoms with Crippen molar-refractivity contribution in [1.29, 1.82) is 0 Å². The molecule has 168 valence electrons. The molecule has 7 nitrogen and oxygen atoms in total. The summed E-state index contributed by atoms with van der Waals surface area (Å²) in [6.07, 6.45) is 1.19. The number of carbonyl (C=O) groups excluding carboxylic acids is 2. The monoisotopic (exact) mass is 454 g/mol. The molecule has 2 aliphatic carbocycles. The Hall–Kier alpha value is -3.00. The van der Waals surface area contributed by atoms with Gasteiger partial charge in [-0.2, -0.15) is 11.8 Å². The van der Waals surface area contributed by atoms with Crippen LogP contribution < -0.4 is 10.6 Å². The van der Waals surface area contributed by atoms with Crippen molar-refractivity contribution in [2.75, 3.05) is 24.7 Å². The van der Waals surface area contributed by atoms with Gasteiger partial charge >= 0.3 is 12.1 Å². The number of benzene rings is 2. The van der Waals surface area contributed by atoms with E-state index in [0.29, 0.717) is 12.3 Å². The first kappa shape index (κ1) is 22.2. The van der Waals surface area contributed by atoms with Crippen LogP contribution in [0, 0.1) is 5.92 Å². The number of hydrogen-bond acceptors (Lipinski definition) is 5. The number of fused-ring (bicyclic) bond motifs is 3. The van der Waals surface area contributed by atoms with Crippen LogP contribution in [-0.4, -0.2) is 53.8 Å². The van der Waals surface area contributed by atoms with Gasteiger partial charge in [0.25, 0.3) is 0 Å². The Balaban J connectivity index is 1.16. The molecule has 2 amide bonds. The summed E-state index contributed by atoms with van der Waals surface area (Å²) in [5.41, 5.74) is 4.68. The molecule has 0 heterocycles. The van der Waals surface area contributed by atoms with E-state index in [1.165, 1.54) is 22.9 Å². The third-order valence-corrected chi connectivity index (χ3v) is 6.73. The molecule has 0 aliphatic heterocycles. The molecule has 2 aliphatic rings. The number of carboxylic acids is 1. The van der Waals surface area contributed by atoms with Crippen LogP contribution in [0.4, 0.5) is 4.79 Å². The van der Waals surface area contributed by atoms with Gasteiger partial charge < -0.3 is 20.5 Å². The zero-order valence-corrected chi connectivity index (χ0v) is 18.4. The van der Waals surface area contributed by atoms with E-state index in [1.54, 1.807) is 0 Å². The van der Waals surface area contributed by atoms with Gasteiger partial charge in [0, 0.05) is 18.2 Å². The fourth-order valence-corrected chi connectivity index (χ4v) is 4.72. The number of alkyl carbamates (subject to hydrolysis) is 1. The van der Waals surface area contributed by atoms with Crippen LogP contribution in [0.5, 0.6) is 0 Å².